The van der Waals surface area contributed by atoms with Crippen LogP contribution < -0.4 is 5.32 Å². The number of benzene rings is 2. The fourth-order valence-corrected chi connectivity index (χ4v) is 4.35. The molecule has 156 valence electrons. The highest BCUT2D eigenvalue weighted by molar-refractivity contribution is 5.98. The molecule has 5 heteroatoms. The van der Waals surface area contributed by atoms with Gasteiger partial charge in [-0.25, -0.2) is 0 Å². The lowest BCUT2D eigenvalue weighted by atomic mass is 9.84. The number of amides is 2. The average Bonchev–Trinajstić information content (AvgIpc) is 3.21. The summed E-state index contributed by atoms with van der Waals surface area (Å²) in [6.07, 6.45) is 1.70. The zero-order valence-electron chi connectivity index (χ0n) is 17.7. The Morgan fingerprint density at radius 1 is 1.10 bits per heavy atom. The molecule has 1 aliphatic rings. The van der Waals surface area contributed by atoms with Crippen molar-refractivity contribution in [2.75, 3.05) is 13.1 Å². The van der Waals surface area contributed by atoms with E-state index in [0.717, 1.165) is 29.3 Å². The summed E-state index contributed by atoms with van der Waals surface area (Å²) < 4.78 is 0. The molecule has 0 bridgehead atoms. The molecule has 1 unspecified atom stereocenters. The molecule has 3 aromatic rings. The summed E-state index contributed by atoms with van der Waals surface area (Å²) in [5, 5.41) is 4.12. The van der Waals surface area contributed by atoms with Crippen molar-refractivity contribution < 1.29 is 9.59 Å². The van der Waals surface area contributed by atoms with Crippen LogP contribution in [0, 0.1) is 18.8 Å². The Kier molecular flexibility index (Phi) is 5.88. The maximum Gasteiger partial charge on any atom is 0.270 e. The molecule has 0 saturated carbocycles. The van der Waals surface area contributed by atoms with Crippen LogP contribution in [0.5, 0.6) is 0 Å². The van der Waals surface area contributed by atoms with E-state index >= 15 is 0 Å². The maximum absolute atomic E-state index is 12.9. The van der Waals surface area contributed by atoms with Gasteiger partial charge < -0.3 is 15.2 Å². The number of nitrogens with zero attached hydrogens (tertiary/aromatic N) is 1. The van der Waals surface area contributed by atoms with Crippen LogP contribution in [-0.2, 0) is 11.3 Å². The number of fused-ring (bicyclic) bond motifs is 1. The number of hydrogen-bond donors (Lipinski definition) is 2. The van der Waals surface area contributed by atoms with E-state index in [1.807, 2.05) is 54.3 Å². The molecule has 2 N–H and O–H groups in total. The van der Waals surface area contributed by atoms with Crippen LogP contribution in [0.4, 0.5) is 0 Å². The second-order valence-electron chi connectivity index (χ2n) is 8.40. The largest absolute Gasteiger partial charge is 0.352 e. The second kappa shape index (κ2) is 8.74. The fourth-order valence-electron chi connectivity index (χ4n) is 4.35. The summed E-state index contributed by atoms with van der Waals surface area (Å²) in [4.78, 5) is 30.6. The van der Waals surface area contributed by atoms with Crippen LogP contribution in [0.3, 0.4) is 0 Å². The molecule has 1 saturated heterocycles. The van der Waals surface area contributed by atoms with Gasteiger partial charge in [0.15, 0.2) is 0 Å². The average molecular weight is 404 g/mol. The fraction of sp³-hybridized carbons (Fsp3) is 0.360. The summed E-state index contributed by atoms with van der Waals surface area (Å²) >= 11 is 0. The van der Waals surface area contributed by atoms with Crippen molar-refractivity contribution in [2.24, 2.45) is 11.8 Å². The van der Waals surface area contributed by atoms with Gasteiger partial charge in [-0.2, -0.15) is 0 Å². The third-order valence-corrected chi connectivity index (χ3v) is 6.26. The van der Waals surface area contributed by atoms with Crippen LogP contribution >= 0.6 is 0 Å². The van der Waals surface area contributed by atoms with Gasteiger partial charge in [-0.05, 0) is 43.4 Å². The third kappa shape index (κ3) is 4.40. The minimum Gasteiger partial charge on any atom is -0.352 e. The Hall–Kier alpha value is -3.08. The van der Waals surface area contributed by atoms with Crippen molar-refractivity contribution in [3.05, 3.63) is 71.4 Å². The van der Waals surface area contributed by atoms with E-state index in [9.17, 15) is 9.59 Å². The Morgan fingerprint density at radius 2 is 1.87 bits per heavy atom. The van der Waals surface area contributed by atoms with Crippen LogP contribution in [0.2, 0.25) is 0 Å². The van der Waals surface area contributed by atoms with Gasteiger partial charge in [-0.1, -0.05) is 55.0 Å². The van der Waals surface area contributed by atoms with Crippen LogP contribution in [0.1, 0.15) is 41.4 Å². The van der Waals surface area contributed by atoms with Crippen LogP contribution in [0.25, 0.3) is 10.9 Å². The third-order valence-electron chi connectivity index (χ3n) is 6.26. The molecule has 1 atom stereocenters. The SMILES string of the molecule is Cc1cccc(CNC(=O)C(C)C2CCN(C(=O)c3cc4ccccc4[nH]3)CC2)c1. The lowest BCUT2D eigenvalue weighted by Crippen LogP contribution is -2.42. The zero-order chi connectivity index (χ0) is 21.1. The number of likely N-dealkylation sites (tertiary alicyclic amines) is 1. The van der Waals surface area contributed by atoms with Gasteiger partial charge in [0.2, 0.25) is 5.91 Å². The van der Waals surface area contributed by atoms with Gasteiger partial charge in [0.05, 0.1) is 0 Å². The lowest BCUT2D eigenvalue weighted by molar-refractivity contribution is -0.126. The molecule has 1 aliphatic heterocycles. The smallest absolute Gasteiger partial charge is 0.270 e. The topological polar surface area (TPSA) is 65.2 Å². The maximum atomic E-state index is 12.9. The summed E-state index contributed by atoms with van der Waals surface area (Å²) in [5.74, 6) is 0.382. The van der Waals surface area contributed by atoms with Crippen LogP contribution in [-0.4, -0.2) is 34.8 Å². The first-order valence-corrected chi connectivity index (χ1v) is 10.7. The van der Waals surface area contributed by atoms with Gasteiger partial charge in [-0.15, -0.1) is 0 Å². The quantitative estimate of drug-likeness (QED) is 0.668. The van der Waals surface area contributed by atoms with Crippen molar-refractivity contribution in [3.8, 4) is 0 Å². The normalized spacial score (nSPS) is 15.9. The van der Waals surface area contributed by atoms with Gasteiger partial charge in [0.1, 0.15) is 5.69 Å². The molecular weight excluding hydrogens is 374 g/mol. The summed E-state index contributed by atoms with van der Waals surface area (Å²) in [6.45, 7) is 6.00. The van der Waals surface area contributed by atoms with Gasteiger partial charge in [-0.3, -0.25) is 9.59 Å². The number of nitrogens with one attached hydrogen (secondary N) is 2. The van der Waals surface area contributed by atoms with Gasteiger partial charge >= 0.3 is 0 Å². The predicted molar refractivity (Wildman–Crippen MR) is 119 cm³/mol. The number of aromatic nitrogens is 1. The summed E-state index contributed by atoms with van der Waals surface area (Å²) in [7, 11) is 0. The molecule has 2 amide bonds. The monoisotopic (exact) mass is 403 g/mol. The number of rotatable bonds is 5. The number of hydrogen-bond acceptors (Lipinski definition) is 2. The highest BCUT2D eigenvalue weighted by atomic mass is 16.2. The van der Waals surface area contributed by atoms with E-state index in [4.69, 9.17) is 0 Å². The van der Waals surface area contributed by atoms with Crippen molar-refractivity contribution >= 4 is 22.7 Å². The number of piperidine rings is 1. The van der Waals surface area contributed by atoms with Crippen LogP contribution in [0.15, 0.2) is 54.6 Å². The van der Waals surface area contributed by atoms with E-state index < -0.39 is 0 Å². The van der Waals surface area contributed by atoms with Gasteiger partial charge in [0.25, 0.3) is 5.91 Å². The van der Waals surface area contributed by atoms with E-state index in [2.05, 4.69) is 29.4 Å². The summed E-state index contributed by atoms with van der Waals surface area (Å²) in [5.41, 5.74) is 3.93. The number of aromatic amines is 1. The van der Waals surface area contributed by atoms with E-state index in [1.54, 1.807) is 0 Å². The van der Waals surface area contributed by atoms with Gasteiger partial charge in [0, 0.05) is 36.5 Å². The first kappa shape index (κ1) is 20.2. The zero-order valence-corrected chi connectivity index (χ0v) is 17.7. The van der Waals surface area contributed by atoms with Crippen molar-refractivity contribution in [1.29, 1.82) is 0 Å². The molecule has 1 aromatic heterocycles. The van der Waals surface area contributed by atoms with E-state index in [1.165, 1.54) is 5.56 Å². The molecule has 2 aromatic carbocycles. The predicted octanol–water partition coefficient (Wildman–Crippen LogP) is 4.28. The number of aryl methyl sites for hydroxylation is 1. The molecule has 4 rings (SSSR count). The van der Waals surface area contributed by atoms with Crippen molar-refractivity contribution in [2.45, 2.75) is 33.2 Å². The van der Waals surface area contributed by atoms with E-state index in [-0.39, 0.29) is 17.7 Å². The Morgan fingerprint density at radius 3 is 2.60 bits per heavy atom. The Bertz CT molecular complexity index is 1010. The molecular formula is C25H29N3O2. The first-order valence-electron chi connectivity index (χ1n) is 10.7. The number of para-hydroxylation sites is 1. The number of H-pyrrole nitrogens is 1. The molecule has 0 aliphatic carbocycles. The number of carbonyl (C=O) groups is 2. The molecule has 5 nitrogen and oxygen atoms in total. The molecule has 2 heterocycles. The Balaban J connectivity index is 1.29. The highest BCUT2D eigenvalue weighted by Gasteiger charge is 2.30. The van der Waals surface area contributed by atoms with Crippen molar-refractivity contribution in [1.82, 2.24) is 15.2 Å². The standard InChI is InChI=1S/C25H29N3O2/c1-17-6-5-7-19(14-17)16-26-24(29)18(2)20-10-12-28(13-11-20)25(30)23-15-21-8-3-4-9-22(21)27-23/h3-9,14-15,18,20,27H,10-13,16H2,1-2H3,(H,26,29). The van der Waals surface area contributed by atoms with E-state index in [0.29, 0.717) is 31.2 Å². The highest BCUT2D eigenvalue weighted by Crippen LogP contribution is 2.26. The number of carbonyl (C=O) groups excluding carboxylic acids is 2. The molecule has 30 heavy (non-hydrogen) atoms. The Labute approximate surface area is 177 Å². The second-order valence-corrected chi connectivity index (χ2v) is 8.40. The summed E-state index contributed by atoms with van der Waals surface area (Å²) in [6, 6.07) is 18.0. The lowest BCUT2D eigenvalue weighted by Gasteiger charge is -2.34. The molecule has 0 spiro atoms. The minimum atomic E-state index is -0.0554. The minimum absolute atomic E-state index is 0.0428. The molecule has 1 fully saturated rings. The molecule has 0 radical (unpaired) electrons. The van der Waals surface area contributed by atoms with Crippen molar-refractivity contribution in [3.63, 3.8) is 0 Å². The first-order chi connectivity index (χ1) is 14.5.